The van der Waals surface area contributed by atoms with Gasteiger partial charge in [-0.3, -0.25) is 0 Å². The van der Waals surface area contributed by atoms with Gasteiger partial charge in [-0.25, -0.2) is 19.9 Å². The van der Waals surface area contributed by atoms with Crippen LogP contribution in [0.15, 0.2) is 134 Å². The van der Waals surface area contributed by atoms with Crippen LogP contribution in [0, 0.1) is 0 Å². The number of hydrogen-bond donors (Lipinski definition) is 0. The van der Waals surface area contributed by atoms with Crippen LogP contribution in [0.4, 0.5) is 0 Å². The molecule has 0 saturated heterocycles. The summed E-state index contributed by atoms with van der Waals surface area (Å²) in [6.45, 7) is 0. The number of aromatic nitrogens is 4. The number of nitrogens with zero attached hydrogens (tertiary/aromatic N) is 4. The second-order valence-corrected chi connectivity index (χ2v) is 9.21. The first-order valence-corrected chi connectivity index (χ1v) is 12.6. The molecule has 0 radical (unpaired) electrons. The Hall–Kier alpha value is -5.22. The molecule has 4 nitrogen and oxygen atoms in total. The molecule has 178 valence electrons. The molecule has 0 atom stereocenters. The molecule has 4 heteroatoms. The molecule has 7 aromatic rings. The third-order valence-corrected chi connectivity index (χ3v) is 6.77. The number of benzene rings is 4. The van der Waals surface area contributed by atoms with E-state index in [1.165, 1.54) is 11.1 Å². The Labute approximate surface area is 220 Å². The smallest absolute Gasteiger partial charge is 0.178 e. The van der Waals surface area contributed by atoms with E-state index >= 15 is 0 Å². The second kappa shape index (κ2) is 9.34. The Morgan fingerprint density at radius 3 is 1.53 bits per heavy atom. The molecule has 0 unspecified atom stereocenters. The molecule has 4 aromatic carbocycles. The van der Waals surface area contributed by atoms with Crippen molar-refractivity contribution in [3.05, 3.63) is 134 Å². The van der Waals surface area contributed by atoms with Gasteiger partial charge in [0.15, 0.2) is 5.82 Å². The van der Waals surface area contributed by atoms with Crippen LogP contribution in [0.3, 0.4) is 0 Å². The Kier molecular flexibility index (Phi) is 5.41. The molecule has 0 saturated carbocycles. The van der Waals surface area contributed by atoms with Crippen molar-refractivity contribution in [2.24, 2.45) is 0 Å². The first-order valence-electron chi connectivity index (χ1n) is 12.6. The minimum Gasteiger partial charge on any atom is -0.245 e. The quantitative estimate of drug-likeness (QED) is 0.235. The Balaban J connectivity index is 1.31. The molecule has 3 aromatic heterocycles. The van der Waals surface area contributed by atoms with Gasteiger partial charge in [0.1, 0.15) is 5.69 Å². The van der Waals surface area contributed by atoms with Crippen molar-refractivity contribution in [1.29, 1.82) is 0 Å². The summed E-state index contributed by atoms with van der Waals surface area (Å²) in [6, 6.07) is 41.5. The molecule has 38 heavy (non-hydrogen) atoms. The maximum atomic E-state index is 5.09. The predicted molar refractivity (Wildman–Crippen MR) is 154 cm³/mol. The highest BCUT2D eigenvalue weighted by Crippen LogP contribution is 2.30. The molecule has 0 fully saturated rings. The van der Waals surface area contributed by atoms with E-state index in [2.05, 4.69) is 101 Å². The van der Waals surface area contributed by atoms with Crippen molar-refractivity contribution < 1.29 is 0 Å². The highest BCUT2D eigenvalue weighted by atomic mass is 14.9. The van der Waals surface area contributed by atoms with Crippen LogP contribution in [0.25, 0.3) is 66.8 Å². The zero-order valence-electron chi connectivity index (χ0n) is 20.5. The monoisotopic (exact) mass is 486 g/mol. The number of pyridine rings is 2. The fourth-order valence-corrected chi connectivity index (χ4v) is 4.78. The van der Waals surface area contributed by atoms with E-state index in [0.717, 1.165) is 49.9 Å². The first-order chi connectivity index (χ1) is 18.8. The fourth-order valence-electron chi connectivity index (χ4n) is 4.78. The molecule has 0 spiro atoms. The lowest BCUT2D eigenvalue weighted by Gasteiger charge is -2.09. The van der Waals surface area contributed by atoms with Gasteiger partial charge in [-0.2, -0.15) is 0 Å². The summed E-state index contributed by atoms with van der Waals surface area (Å²) in [5.41, 5.74) is 8.84. The molecule has 0 amide bonds. The molecule has 3 heterocycles. The van der Waals surface area contributed by atoms with Crippen LogP contribution in [0.1, 0.15) is 0 Å². The van der Waals surface area contributed by atoms with Gasteiger partial charge in [0.2, 0.25) is 0 Å². The van der Waals surface area contributed by atoms with Crippen LogP contribution in [-0.2, 0) is 0 Å². The van der Waals surface area contributed by atoms with Gasteiger partial charge >= 0.3 is 0 Å². The molecule has 0 aliphatic rings. The van der Waals surface area contributed by atoms with E-state index in [1.807, 2.05) is 42.7 Å². The van der Waals surface area contributed by atoms with Gasteiger partial charge in [0.05, 0.1) is 16.7 Å². The van der Waals surface area contributed by atoms with Gasteiger partial charge in [0, 0.05) is 34.3 Å². The Morgan fingerprint density at radius 2 is 0.868 bits per heavy atom. The normalized spacial score (nSPS) is 11.2. The summed E-state index contributed by atoms with van der Waals surface area (Å²) >= 11 is 0. The highest BCUT2D eigenvalue weighted by molar-refractivity contribution is 6.04. The molecule has 0 N–H and O–H groups in total. The predicted octanol–water partition coefficient (Wildman–Crippen LogP) is 8.24. The average molecular weight is 487 g/mol. The fraction of sp³-hybridized carbons (Fsp3) is 0. The third-order valence-electron chi connectivity index (χ3n) is 6.77. The topological polar surface area (TPSA) is 51.6 Å². The van der Waals surface area contributed by atoms with Crippen molar-refractivity contribution in [3.63, 3.8) is 0 Å². The molecular weight excluding hydrogens is 464 g/mol. The molecular formula is C34H22N4. The largest absolute Gasteiger partial charge is 0.245 e. The van der Waals surface area contributed by atoms with E-state index in [9.17, 15) is 0 Å². The zero-order valence-corrected chi connectivity index (χ0v) is 20.5. The number of hydrogen-bond acceptors (Lipinski definition) is 4. The van der Waals surface area contributed by atoms with Crippen molar-refractivity contribution in [3.8, 4) is 45.0 Å². The van der Waals surface area contributed by atoms with Crippen LogP contribution < -0.4 is 0 Å². The highest BCUT2D eigenvalue weighted by Gasteiger charge is 2.11. The summed E-state index contributed by atoms with van der Waals surface area (Å²) in [7, 11) is 0. The van der Waals surface area contributed by atoms with Crippen molar-refractivity contribution >= 4 is 21.8 Å². The third kappa shape index (κ3) is 4.08. The van der Waals surface area contributed by atoms with Crippen LogP contribution in [0.5, 0.6) is 0 Å². The molecule has 0 bridgehead atoms. The van der Waals surface area contributed by atoms with Crippen LogP contribution in [0.2, 0.25) is 0 Å². The van der Waals surface area contributed by atoms with E-state index in [0.29, 0.717) is 5.82 Å². The summed E-state index contributed by atoms with van der Waals surface area (Å²) in [4.78, 5) is 19.3. The average Bonchev–Trinajstić information content (AvgIpc) is 3.01. The Bertz CT molecular complexity index is 1900. The number of rotatable bonds is 4. The molecule has 7 rings (SSSR count). The van der Waals surface area contributed by atoms with Gasteiger partial charge in [0.25, 0.3) is 0 Å². The maximum absolute atomic E-state index is 5.09. The summed E-state index contributed by atoms with van der Waals surface area (Å²) in [6.07, 6.45) is 3.70. The summed E-state index contributed by atoms with van der Waals surface area (Å²) in [5, 5.41) is 2.08. The van der Waals surface area contributed by atoms with Crippen molar-refractivity contribution in [2.75, 3.05) is 0 Å². The van der Waals surface area contributed by atoms with Crippen LogP contribution >= 0.6 is 0 Å². The summed E-state index contributed by atoms with van der Waals surface area (Å²) < 4.78 is 0. The number of fused-ring (bicyclic) bond motifs is 3. The van der Waals surface area contributed by atoms with E-state index < -0.39 is 0 Å². The van der Waals surface area contributed by atoms with Gasteiger partial charge in [-0.05, 0) is 34.9 Å². The Morgan fingerprint density at radius 1 is 0.368 bits per heavy atom. The van der Waals surface area contributed by atoms with Crippen LogP contribution in [-0.4, -0.2) is 19.9 Å². The zero-order chi connectivity index (χ0) is 25.3. The molecule has 0 aliphatic carbocycles. The van der Waals surface area contributed by atoms with E-state index in [1.54, 1.807) is 0 Å². The van der Waals surface area contributed by atoms with Crippen molar-refractivity contribution in [1.82, 2.24) is 19.9 Å². The van der Waals surface area contributed by atoms with Gasteiger partial charge in [-0.1, -0.05) is 103 Å². The lowest BCUT2D eigenvalue weighted by atomic mass is 10.0. The van der Waals surface area contributed by atoms with E-state index in [4.69, 9.17) is 9.97 Å². The maximum Gasteiger partial charge on any atom is 0.178 e. The van der Waals surface area contributed by atoms with Gasteiger partial charge in [-0.15, -0.1) is 0 Å². The minimum absolute atomic E-state index is 0.593. The van der Waals surface area contributed by atoms with Crippen molar-refractivity contribution in [2.45, 2.75) is 0 Å². The minimum atomic E-state index is 0.593. The lowest BCUT2D eigenvalue weighted by molar-refractivity contribution is 1.15. The first kappa shape index (κ1) is 22.0. The standard InChI is InChI=1S/C34H22N4/c1-3-8-23(9-4-1)27-12-7-13-28(20-27)30-18-16-25-14-15-26-17-19-31(38-33(26)32(25)37-30)34-35-21-29(22-36-34)24-10-5-2-6-11-24/h1-22H. The lowest BCUT2D eigenvalue weighted by Crippen LogP contribution is -1.94. The molecule has 0 aliphatic heterocycles. The SMILES string of the molecule is c1ccc(-c2cnc(-c3ccc4ccc5ccc(-c6cccc(-c7ccccc7)c6)nc5c4n3)nc2)cc1. The second-order valence-electron chi connectivity index (χ2n) is 9.21. The van der Waals surface area contributed by atoms with Gasteiger partial charge < -0.3 is 0 Å². The summed E-state index contributed by atoms with van der Waals surface area (Å²) in [5.74, 6) is 0.593. The van der Waals surface area contributed by atoms with E-state index in [-0.39, 0.29) is 0 Å².